The lowest BCUT2D eigenvalue weighted by Gasteiger charge is -2.36. The smallest absolute Gasteiger partial charge is 0.380 e. The molecule has 0 aliphatic carbocycles. The summed E-state index contributed by atoms with van der Waals surface area (Å²) in [5.41, 5.74) is -3.98. The Morgan fingerprint density at radius 2 is 1.73 bits per heavy atom. The van der Waals surface area contributed by atoms with Crippen LogP contribution in [-0.2, 0) is 21.9 Å². The van der Waals surface area contributed by atoms with Crippen molar-refractivity contribution in [1.82, 2.24) is 20.1 Å². The van der Waals surface area contributed by atoms with Crippen LogP contribution in [0.3, 0.4) is 0 Å². The van der Waals surface area contributed by atoms with E-state index >= 15 is 0 Å². The summed E-state index contributed by atoms with van der Waals surface area (Å²) < 4.78 is 83.5. The van der Waals surface area contributed by atoms with E-state index in [0.29, 0.717) is 44.8 Å². The minimum atomic E-state index is -4.85. The topological polar surface area (TPSA) is 103 Å². The molecule has 2 N–H and O–H groups in total. The number of anilines is 2. The molecule has 4 heterocycles. The molecule has 0 saturated carbocycles. The number of amides is 1. The third-order valence-corrected chi connectivity index (χ3v) is 6.29. The van der Waals surface area contributed by atoms with Crippen molar-refractivity contribution in [1.29, 1.82) is 0 Å². The molecule has 15 heteroatoms. The number of aromatic nitrogens is 3. The highest BCUT2D eigenvalue weighted by Gasteiger charge is 2.38. The molecule has 2 aromatic heterocycles. The number of H-pyrrole nitrogens is 1. The lowest BCUT2D eigenvalue weighted by atomic mass is 10.1. The molecule has 202 valence electrons. The first-order chi connectivity index (χ1) is 17.4. The Labute approximate surface area is 206 Å². The largest absolute Gasteiger partial charge is 0.423 e. The maximum absolute atomic E-state index is 13.2. The van der Waals surface area contributed by atoms with Gasteiger partial charge in [-0.15, -0.1) is 0 Å². The lowest BCUT2D eigenvalue weighted by molar-refractivity contribution is -0.138. The number of carbonyl (C=O) groups is 1. The summed E-state index contributed by atoms with van der Waals surface area (Å²) in [6.07, 6.45) is -7.30. The molecular formula is C22H24F6N6O3. The zero-order valence-corrected chi connectivity index (χ0v) is 19.4. The van der Waals surface area contributed by atoms with Gasteiger partial charge < -0.3 is 19.9 Å². The van der Waals surface area contributed by atoms with E-state index in [1.165, 1.54) is 6.07 Å². The quantitative estimate of drug-likeness (QED) is 0.550. The van der Waals surface area contributed by atoms with Gasteiger partial charge in [-0.3, -0.25) is 9.59 Å². The molecule has 0 spiro atoms. The summed E-state index contributed by atoms with van der Waals surface area (Å²) in [4.78, 5) is 31.6. The molecule has 2 saturated heterocycles. The molecule has 0 aromatic carbocycles. The molecule has 37 heavy (non-hydrogen) atoms. The second-order valence-electron chi connectivity index (χ2n) is 8.80. The van der Waals surface area contributed by atoms with Gasteiger partial charge in [0.1, 0.15) is 11.4 Å². The fourth-order valence-electron chi connectivity index (χ4n) is 4.37. The molecule has 2 aliphatic heterocycles. The first kappa shape index (κ1) is 26.7. The number of aromatic amines is 1. The van der Waals surface area contributed by atoms with Gasteiger partial charge in [-0.2, -0.15) is 31.4 Å². The first-order valence-corrected chi connectivity index (χ1v) is 11.5. The second kappa shape index (κ2) is 10.6. The Morgan fingerprint density at radius 1 is 1.03 bits per heavy atom. The fraction of sp³-hybridized carbons (Fsp3) is 0.545. The van der Waals surface area contributed by atoms with Crippen molar-refractivity contribution >= 4 is 17.4 Å². The van der Waals surface area contributed by atoms with Crippen molar-refractivity contribution < 1.29 is 35.9 Å². The number of hydrogen-bond donors (Lipinski definition) is 2. The van der Waals surface area contributed by atoms with Gasteiger partial charge in [0.15, 0.2) is 0 Å². The van der Waals surface area contributed by atoms with Crippen LogP contribution in [0.2, 0.25) is 0 Å². The zero-order chi connectivity index (χ0) is 26.8. The Hall–Kier alpha value is -3.36. The Bertz CT molecular complexity index is 1150. The summed E-state index contributed by atoms with van der Waals surface area (Å²) in [7, 11) is 0. The molecular weight excluding hydrogens is 510 g/mol. The van der Waals surface area contributed by atoms with E-state index in [-0.39, 0.29) is 18.9 Å². The number of nitrogens with zero attached hydrogens (tertiary/aromatic N) is 4. The number of piperazine rings is 1. The predicted molar refractivity (Wildman–Crippen MR) is 119 cm³/mol. The van der Waals surface area contributed by atoms with Crippen LogP contribution in [-0.4, -0.2) is 70.9 Å². The Kier molecular flexibility index (Phi) is 7.62. The van der Waals surface area contributed by atoms with E-state index in [0.717, 1.165) is 18.5 Å². The van der Waals surface area contributed by atoms with Crippen LogP contribution in [0.25, 0.3) is 0 Å². The van der Waals surface area contributed by atoms with E-state index in [1.54, 1.807) is 14.9 Å². The Morgan fingerprint density at radius 3 is 2.35 bits per heavy atom. The highest BCUT2D eigenvalue weighted by atomic mass is 19.4. The molecule has 2 fully saturated rings. The average Bonchev–Trinajstić information content (AvgIpc) is 3.28. The second-order valence-corrected chi connectivity index (χ2v) is 8.80. The lowest BCUT2D eigenvalue weighted by Crippen LogP contribution is -2.49. The van der Waals surface area contributed by atoms with Gasteiger partial charge in [-0.1, -0.05) is 0 Å². The molecule has 2 aromatic rings. The highest BCUT2D eigenvalue weighted by Crippen LogP contribution is 2.32. The van der Waals surface area contributed by atoms with E-state index in [4.69, 9.17) is 4.74 Å². The zero-order valence-electron chi connectivity index (χ0n) is 19.4. The van der Waals surface area contributed by atoms with Gasteiger partial charge in [0.2, 0.25) is 5.91 Å². The number of hydrogen-bond acceptors (Lipinski definition) is 7. The third kappa shape index (κ3) is 6.50. The maximum atomic E-state index is 13.2. The average molecular weight is 534 g/mol. The normalized spacial score (nSPS) is 20.8. The summed E-state index contributed by atoms with van der Waals surface area (Å²) in [6, 6.07) is 2.28. The van der Waals surface area contributed by atoms with Crippen molar-refractivity contribution in [2.24, 2.45) is 0 Å². The van der Waals surface area contributed by atoms with E-state index < -0.39 is 46.9 Å². The minimum Gasteiger partial charge on any atom is -0.380 e. The summed E-state index contributed by atoms with van der Waals surface area (Å²) in [5, 5.41) is 7.75. The predicted octanol–water partition coefficient (Wildman–Crippen LogP) is 2.90. The van der Waals surface area contributed by atoms with E-state index in [1.807, 2.05) is 0 Å². The van der Waals surface area contributed by atoms with Crippen LogP contribution in [0, 0.1) is 0 Å². The van der Waals surface area contributed by atoms with Crippen LogP contribution in [0.5, 0.6) is 0 Å². The first-order valence-electron chi connectivity index (χ1n) is 11.5. The minimum absolute atomic E-state index is 0.0116. The molecule has 0 bridgehead atoms. The van der Waals surface area contributed by atoms with Crippen LogP contribution in [0.4, 0.5) is 37.8 Å². The van der Waals surface area contributed by atoms with Crippen molar-refractivity contribution in [3.05, 3.63) is 46.0 Å². The molecule has 2 unspecified atom stereocenters. The summed E-state index contributed by atoms with van der Waals surface area (Å²) >= 11 is 0. The summed E-state index contributed by atoms with van der Waals surface area (Å²) in [5.74, 6) is 0.260. The van der Waals surface area contributed by atoms with Gasteiger partial charge in [0.05, 0.1) is 36.1 Å². The van der Waals surface area contributed by atoms with Crippen molar-refractivity contribution in [3.8, 4) is 0 Å². The number of nitrogens with one attached hydrogen (secondary N) is 2. The molecule has 9 nitrogen and oxygen atoms in total. The van der Waals surface area contributed by atoms with Crippen molar-refractivity contribution in [2.45, 2.75) is 43.8 Å². The maximum Gasteiger partial charge on any atom is 0.423 e. The molecule has 2 atom stereocenters. The molecule has 4 rings (SSSR count). The van der Waals surface area contributed by atoms with E-state index in [2.05, 4.69) is 15.4 Å². The van der Waals surface area contributed by atoms with Crippen LogP contribution < -0.4 is 15.8 Å². The number of alkyl halides is 6. The monoisotopic (exact) mass is 534 g/mol. The van der Waals surface area contributed by atoms with E-state index in [9.17, 15) is 35.9 Å². The Balaban J connectivity index is 1.23. The number of rotatable bonds is 6. The molecule has 1 amide bonds. The SMILES string of the molecule is O=C(CC1CCC(CNc2cn[nH]c(=O)c2C(F)(F)F)O1)N1CCN(c2ccc(C(F)(F)F)cn2)CC1. The molecule has 0 radical (unpaired) electrons. The standard InChI is InChI=1S/C22H24F6N6O3/c23-21(24,25)13-1-4-17(30-10-13)33-5-7-34(8-6-33)18(35)9-14-2-3-15(37-14)11-29-16-12-31-32-20(36)19(16)22(26,27)28/h1,4,10,12,14-15H,2-3,5-9,11H2,(H2,29,32,36). The van der Waals surface area contributed by atoms with Gasteiger partial charge in [-0.05, 0) is 25.0 Å². The van der Waals surface area contributed by atoms with Crippen molar-refractivity contribution in [3.63, 3.8) is 0 Å². The number of halogens is 6. The highest BCUT2D eigenvalue weighted by molar-refractivity contribution is 5.77. The number of ether oxygens (including phenoxy) is 1. The van der Waals surface area contributed by atoms with Crippen molar-refractivity contribution in [2.75, 3.05) is 42.9 Å². The van der Waals surface area contributed by atoms with Gasteiger partial charge in [-0.25, -0.2) is 10.1 Å². The fourth-order valence-corrected chi connectivity index (χ4v) is 4.37. The van der Waals surface area contributed by atoms with Crippen LogP contribution in [0.15, 0.2) is 29.3 Å². The number of carbonyl (C=O) groups excluding carboxylic acids is 1. The third-order valence-electron chi connectivity index (χ3n) is 6.29. The summed E-state index contributed by atoms with van der Waals surface area (Å²) in [6.45, 7) is 1.57. The van der Waals surface area contributed by atoms with Gasteiger partial charge >= 0.3 is 12.4 Å². The van der Waals surface area contributed by atoms with Gasteiger partial charge in [0, 0.05) is 38.9 Å². The number of pyridine rings is 1. The van der Waals surface area contributed by atoms with Gasteiger partial charge in [0.25, 0.3) is 5.56 Å². The van der Waals surface area contributed by atoms with Crippen LogP contribution in [0.1, 0.15) is 30.4 Å². The molecule has 2 aliphatic rings. The van der Waals surface area contributed by atoms with Crippen LogP contribution >= 0.6 is 0 Å².